The normalized spacial score (nSPS) is 16.4. The molecule has 2 rings (SSSR count). The van der Waals surface area contributed by atoms with E-state index < -0.39 is 6.10 Å². The third kappa shape index (κ3) is 3.37. The number of carbonyl (C=O) groups is 1. The Morgan fingerprint density at radius 1 is 1.53 bits per heavy atom. The van der Waals surface area contributed by atoms with Crippen LogP contribution in [-0.2, 0) is 4.79 Å². The summed E-state index contributed by atoms with van der Waals surface area (Å²) in [5, 5.41) is 3.43. The van der Waals surface area contributed by atoms with Gasteiger partial charge in [-0.1, -0.05) is 17.7 Å². The molecule has 0 heterocycles. The average Bonchev–Trinajstić information content (AvgIpc) is 3.07. The van der Waals surface area contributed by atoms with Crippen molar-refractivity contribution in [1.82, 2.24) is 5.32 Å². The van der Waals surface area contributed by atoms with Gasteiger partial charge in [0, 0.05) is 6.04 Å². The number of hydrogen-bond donors (Lipinski definition) is 1. The van der Waals surface area contributed by atoms with E-state index in [1.165, 1.54) is 0 Å². The van der Waals surface area contributed by atoms with Crippen molar-refractivity contribution in [1.29, 1.82) is 0 Å². The topological polar surface area (TPSA) is 38.3 Å². The van der Waals surface area contributed by atoms with Crippen LogP contribution in [0.5, 0.6) is 5.75 Å². The van der Waals surface area contributed by atoms with Crippen molar-refractivity contribution < 1.29 is 9.53 Å². The molecule has 0 saturated heterocycles. The number of amides is 1. The predicted octanol–water partition coefficient (Wildman–Crippen LogP) is 2.69. The molecule has 1 aromatic rings. The van der Waals surface area contributed by atoms with Crippen LogP contribution in [-0.4, -0.2) is 18.1 Å². The highest BCUT2D eigenvalue weighted by Gasteiger charge is 2.26. The summed E-state index contributed by atoms with van der Waals surface area (Å²) in [5.74, 6) is 0.482. The summed E-state index contributed by atoms with van der Waals surface area (Å²) < 4.78 is 5.57. The molecule has 4 heteroatoms. The van der Waals surface area contributed by atoms with Gasteiger partial charge in [0.2, 0.25) is 0 Å². The molecule has 1 aromatic carbocycles. The molecule has 0 radical (unpaired) electrons. The number of halogens is 1. The van der Waals surface area contributed by atoms with Crippen molar-refractivity contribution in [2.45, 2.75) is 38.8 Å². The second-order valence-electron chi connectivity index (χ2n) is 4.48. The molecule has 0 aromatic heterocycles. The summed E-state index contributed by atoms with van der Waals surface area (Å²) in [6.07, 6.45) is 1.63. The molecule has 1 aliphatic rings. The second-order valence-corrected chi connectivity index (χ2v) is 4.88. The fourth-order valence-corrected chi connectivity index (χ4v) is 1.65. The van der Waals surface area contributed by atoms with Crippen molar-refractivity contribution in [3.05, 3.63) is 28.8 Å². The van der Waals surface area contributed by atoms with Crippen LogP contribution in [0.3, 0.4) is 0 Å². The molecule has 1 aliphatic carbocycles. The Balaban J connectivity index is 1.98. The summed E-state index contributed by atoms with van der Waals surface area (Å²) in [5.41, 5.74) is 1.05. The number of aryl methyl sites for hydroxylation is 1. The monoisotopic (exact) mass is 253 g/mol. The number of rotatable bonds is 4. The number of nitrogens with one attached hydrogen (secondary N) is 1. The molecule has 1 N–H and O–H groups in total. The maximum atomic E-state index is 11.7. The van der Waals surface area contributed by atoms with Crippen molar-refractivity contribution >= 4 is 17.5 Å². The van der Waals surface area contributed by atoms with Crippen LogP contribution in [0.15, 0.2) is 18.2 Å². The highest BCUT2D eigenvalue weighted by atomic mass is 35.5. The summed E-state index contributed by atoms with van der Waals surface area (Å²) in [6.45, 7) is 3.69. The minimum atomic E-state index is -0.519. The molecule has 0 aliphatic heterocycles. The number of hydrogen-bond acceptors (Lipinski definition) is 2. The van der Waals surface area contributed by atoms with Gasteiger partial charge in [-0.25, -0.2) is 0 Å². The van der Waals surface area contributed by atoms with E-state index in [0.717, 1.165) is 18.4 Å². The quantitative estimate of drug-likeness (QED) is 0.896. The lowest BCUT2D eigenvalue weighted by atomic mass is 10.2. The van der Waals surface area contributed by atoms with Gasteiger partial charge in [-0.3, -0.25) is 4.79 Å². The lowest BCUT2D eigenvalue weighted by Crippen LogP contribution is -2.37. The Morgan fingerprint density at radius 2 is 2.24 bits per heavy atom. The summed E-state index contributed by atoms with van der Waals surface area (Å²) in [7, 11) is 0. The highest BCUT2D eigenvalue weighted by molar-refractivity contribution is 6.32. The van der Waals surface area contributed by atoms with Crippen molar-refractivity contribution in [3.8, 4) is 5.75 Å². The molecule has 17 heavy (non-hydrogen) atoms. The third-order valence-electron chi connectivity index (χ3n) is 2.68. The Hall–Kier alpha value is -1.22. The molecular formula is C13H16ClNO2. The maximum Gasteiger partial charge on any atom is 0.260 e. The van der Waals surface area contributed by atoms with E-state index in [0.29, 0.717) is 16.8 Å². The molecule has 1 atom stereocenters. The van der Waals surface area contributed by atoms with Gasteiger partial charge in [0.15, 0.2) is 6.10 Å². The fourth-order valence-electron chi connectivity index (χ4n) is 1.49. The SMILES string of the molecule is Cc1ccc(Cl)c(OC(C)C(=O)NC2CC2)c1. The van der Waals surface area contributed by atoms with Gasteiger partial charge in [-0.15, -0.1) is 0 Å². The van der Waals surface area contributed by atoms with Gasteiger partial charge in [0.25, 0.3) is 5.91 Å². The number of benzene rings is 1. The first-order chi connectivity index (χ1) is 8.06. The Kier molecular flexibility index (Phi) is 3.57. The number of carbonyl (C=O) groups excluding carboxylic acids is 1. The molecule has 92 valence electrons. The first-order valence-electron chi connectivity index (χ1n) is 5.79. The van der Waals surface area contributed by atoms with Gasteiger partial charge in [-0.05, 0) is 44.4 Å². The average molecular weight is 254 g/mol. The lowest BCUT2D eigenvalue weighted by molar-refractivity contribution is -0.127. The van der Waals surface area contributed by atoms with Crippen molar-refractivity contribution in [2.24, 2.45) is 0 Å². The van der Waals surface area contributed by atoms with Crippen LogP contribution in [0.1, 0.15) is 25.3 Å². The van der Waals surface area contributed by atoms with E-state index in [1.807, 2.05) is 19.1 Å². The van der Waals surface area contributed by atoms with Crippen molar-refractivity contribution in [3.63, 3.8) is 0 Å². The molecular weight excluding hydrogens is 238 g/mol. The van der Waals surface area contributed by atoms with Gasteiger partial charge in [-0.2, -0.15) is 0 Å². The standard InChI is InChI=1S/C13H16ClNO2/c1-8-3-6-11(14)12(7-8)17-9(2)13(16)15-10-4-5-10/h3,6-7,9-10H,4-5H2,1-2H3,(H,15,16). The largest absolute Gasteiger partial charge is 0.479 e. The first kappa shape index (κ1) is 12.2. The zero-order valence-electron chi connectivity index (χ0n) is 10.00. The van der Waals surface area contributed by atoms with Crippen molar-refractivity contribution in [2.75, 3.05) is 0 Å². The molecule has 3 nitrogen and oxygen atoms in total. The van der Waals surface area contributed by atoms with E-state index >= 15 is 0 Å². The van der Waals surface area contributed by atoms with E-state index in [9.17, 15) is 4.79 Å². The van der Waals surface area contributed by atoms with Crippen LogP contribution in [0, 0.1) is 6.92 Å². The first-order valence-corrected chi connectivity index (χ1v) is 6.17. The smallest absolute Gasteiger partial charge is 0.260 e. The van der Waals surface area contributed by atoms with Crippen LogP contribution < -0.4 is 10.1 Å². The van der Waals surface area contributed by atoms with Crippen LogP contribution in [0.25, 0.3) is 0 Å². The van der Waals surface area contributed by atoms with Crippen LogP contribution >= 0.6 is 11.6 Å². The van der Waals surface area contributed by atoms with E-state index in [1.54, 1.807) is 13.0 Å². The minimum absolute atomic E-state index is 0.0786. The molecule has 1 unspecified atom stereocenters. The maximum absolute atomic E-state index is 11.7. The lowest BCUT2D eigenvalue weighted by Gasteiger charge is -2.15. The van der Waals surface area contributed by atoms with E-state index in [-0.39, 0.29) is 5.91 Å². The zero-order chi connectivity index (χ0) is 12.4. The number of ether oxygens (including phenoxy) is 1. The predicted molar refractivity (Wildman–Crippen MR) is 67.4 cm³/mol. The zero-order valence-corrected chi connectivity index (χ0v) is 10.8. The summed E-state index contributed by atoms with van der Waals surface area (Å²) in [4.78, 5) is 11.7. The Bertz CT molecular complexity index is 429. The summed E-state index contributed by atoms with van der Waals surface area (Å²) in [6, 6.07) is 5.87. The van der Waals surface area contributed by atoms with Gasteiger partial charge in [0.1, 0.15) is 5.75 Å². The highest BCUT2D eigenvalue weighted by Crippen LogP contribution is 2.26. The van der Waals surface area contributed by atoms with Crippen LogP contribution in [0.4, 0.5) is 0 Å². The Morgan fingerprint density at radius 3 is 2.88 bits per heavy atom. The summed E-state index contributed by atoms with van der Waals surface area (Å²) >= 11 is 6.01. The molecule has 1 amide bonds. The third-order valence-corrected chi connectivity index (χ3v) is 3.00. The molecule has 0 spiro atoms. The molecule has 1 fully saturated rings. The molecule has 0 bridgehead atoms. The van der Waals surface area contributed by atoms with Gasteiger partial charge >= 0.3 is 0 Å². The van der Waals surface area contributed by atoms with Gasteiger partial charge in [0.05, 0.1) is 5.02 Å². The van der Waals surface area contributed by atoms with Crippen LogP contribution in [0.2, 0.25) is 5.02 Å². The molecule has 1 saturated carbocycles. The van der Waals surface area contributed by atoms with Gasteiger partial charge < -0.3 is 10.1 Å². The second kappa shape index (κ2) is 4.96. The van der Waals surface area contributed by atoms with E-state index in [4.69, 9.17) is 16.3 Å². The fraction of sp³-hybridized carbons (Fsp3) is 0.462. The Labute approximate surface area is 106 Å². The van der Waals surface area contributed by atoms with E-state index in [2.05, 4.69) is 5.32 Å². The minimum Gasteiger partial charge on any atom is -0.479 e.